The van der Waals surface area contributed by atoms with E-state index >= 15 is 0 Å². The van der Waals surface area contributed by atoms with Gasteiger partial charge in [0.15, 0.2) is 0 Å². The average Bonchev–Trinajstić information content (AvgIpc) is 2.50. The zero-order chi connectivity index (χ0) is 12.9. The Labute approximate surface area is 116 Å². The summed E-state index contributed by atoms with van der Waals surface area (Å²) in [6.07, 6.45) is 6.31. The van der Waals surface area contributed by atoms with Gasteiger partial charge >= 0.3 is 0 Å². The van der Waals surface area contributed by atoms with Crippen LogP contribution in [-0.4, -0.2) is 26.3 Å². The third kappa shape index (κ3) is 3.58. The molecule has 0 saturated carbocycles. The highest BCUT2D eigenvalue weighted by atomic mass is 16.5. The van der Waals surface area contributed by atoms with Crippen molar-refractivity contribution < 1.29 is 4.74 Å². The van der Waals surface area contributed by atoms with E-state index in [0.29, 0.717) is 0 Å². The lowest BCUT2D eigenvalue weighted by atomic mass is 9.88. The average molecular weight is 259 g/mol. The number of rotatable bonds is 3. The number of benzene rings is 1. The summed E-state index contributed by atoms with van der Waals surface area (Å²) in [6.45, 7) is 4.26. The molecule has 2 heteroatoms. The second-order valence-corrected chi connectivity index (χ2v) is 6.03. The zero-order valence-electron chi connectivity index (χ0n) is 11.7. The van der Waals surface area contributed by atoms with Crippen LogP contribution in [0.3, 0.4) is 0 Å². The van der Waals surface area contributed by atoms with Crippen molar-refractivity contribution in [3.05, 3.63) is 35.4 Å². The van der Waals surface area contributed by atoms with E-state index in [1.165, 1.54) is 56.3 Å². The molecule has 2 aliphatic rings. The Hall–Kier alpha value is -0.860. The van der Waals surface area contributed by atoms with Gasteiger partial charge in [-0.05, 0) is 68.2 Å². The lowest BCUT2D eigenvalue weighted by Gasteiger charge is -2.24. The summed E-state index contributed by atoms with van der Waals surface area (Å²) in [7, 11) is 0. The van der Waals surface area contributed by atoms with E-state index in [1.807, 2.05) is 0 Å². The van der Waals surface area contributed by atoms with Crippen molar-refractivity contribution in [2.75, 3.05) is 26.3 Å². The van der Waals surface area contributed by atoms with E-state index in [-0.39, 0.29) is 0 Å². The normalized spacial score (nSPS) is 22.5. The molecule has 0 radical (unpaired) electrons. The first kappa shape index (κ1) is 13.1. The van der Waals surface area contributed by atoms with Crippen LogP contribution in [0.5, 0.6) is 0 Å². The molecule has 2 saturated heterocycles. The van der Waals surface area contributed by atoms with Crippen LogP contribution in [-0.2, 0) is 11.2 Å². The van der Waals surface area contributed by atoms with Crippen LogP contribution < -0.4 is 5.32 Å². The Bertz CT molecular complexity index is 375. The fourth-order valence-electron chi connectivity index (χ4n) is 3.38. The molecule has 2 fully saturated rings. The minimum absolute atomic E-state index is 0.724. The van der Waals surface area contributed by atoms with Gasteiger partial charge in [0.05, 0.1) is 0 Å². The fourth-order valence-corrected chi connectivity index (χ4v) is 3.38. The summed E-state index contributed by atoms with van der Waals surface area (Å²) in [4.78, 5) is 0. The van der Waals surface area contributed by atoms with Gasteiger partial charge < -0.3 is 10.1 Å². The van der Waals surface area contributed by atoms with Crippen molar-refractivity contribution in [3.8, 4) is 0 Å². The van der Waals surface area contributed by atoms with Crippen LogP contribution in [0.25, 0.3) is 0 Å². The molecule has 1 aromatic rings. The minimum atomic E-state index is 0.724. The Morgan fingerprint density at radius 1 is 0.947 bits per heavy atom. The van der Waals surface area contributed by atoms with Gasteiger partial charge in [0, 0.05) is 13.2 Å². The monoisotopic (exact) mass is 259 g/mol. The van der Waals surface area contributed by atoms with Crippen molar-refractivity contribution in [3.63, 3.8) is 0 Å². The molecule has 0 amide bonds. The molecule has 0 spiro atoms. The second kappa shape index (κ2) is 6.53. The molecule has 0 bridgehead atoms. The van der Waals surface area contributed by atoms with E-state index in [2.05, 4.69) is 29.6 Å². The van der Waals surface area contributed by atoms with Crippen LogP contribution in [0.15, 0.2) is 24.3 Å². The van der Waals surface area contributed by atoms with Gasteiger partial charge in [-0.25, -0.2) is 0 Å². The third-order valence-corrected chi connectivity index (χ3v) is 4.66. The molecule has 19 heavy (non-hydrogen) atoms. The van der Waals surface area contributed by atoms with Crippen molar-refractivity contribution >= 4 is 0 Å². The van der Waals surface area contributed by atoms with Crippen LogP contribution >= 0.6 is 0 Å². The van der Waals surface area contributed by atoms with Crippen molar-refractivity contribution in [2.45, 2.75) is 38.0 Å². The van der Waals surface area contributed by atoms with Crippen LogP contribution in [0.2, 0.25) is 0 Å². The molecule has 0 unspecified atom stereocenters. The first-order valence-electron chi connectivity index (χ1n) is 7.79. The van der Waals surface area contributed by atoms with E-state index in [9.17, 15) is 0 Å². The maximum atomic E-state index is 5.44. The summed E-state index contributed by atoms with van der Waals surface area (Å²) in [5.74, 6) is 1.61. The molecule has 3 rings (SSSR count). The highest BCUT2D eigenvalue weighted by Crippen LogP contribution is 2.27. The predicted molar refractivity (Wildman–Crippen MR) is 78.5 cm³/mol. The molecule has 104 valence electrons. The van der Waals surface area contributed by atoms with Gasteiger partial charge in [0.25, 0.3) is 0 Å². The zero-order valence-corrected chi connectivity index (χ0v) is 11.7. The topological polar surface area (TPSA) is 21.3 Å². The molecule has 2 nitrogen and oxygen atoms in total. The SMILES string of the molecule is c1cc(C2CCOCC2)ccc1CC1CCNCC1. The molecular formula is C17H25NO. The first-order valence-corrected chi connectivity index (χ1v) is 7.79. The Balaban J connectivity index is 1.58. The number of ether oxygens (including phenoxy) is 1. The lowest BCUT2D eigenvalue weighted by Crippen LogP contribution is -2.28. The largest absolute Gasteiger partial charge is 0.381 e. The molecule has 0 atom stereocenters. The smallest absolute Gasteiger partial charge is 0.0471 e. The van der Waals surface area contributed by atoms with E-state index in [0.717, 1.165) is 25.0 Å². The second-order valence-electron chi connectivity index (χ2n) is 6.03. The minimum Gasteiger partial charge on any atom is -0.381 e. The Morgan fingerprint density at radius 3 is 2.32 bits per heavy atom. The van der Waals surface area contributed by atoms with Crippen LogP contribution in [0, 0.1) is 5.92 Å². The summed E-state index contributed by atoms with van der Waals surface area (Å²) in [5, 5.41) is 3.44. The van der Waals surface area contributed by atoms with E-state index < -0.39 is 0 Å². The van der Waals surface area contributed by atoms with Crippen LogP contribution in [0.4, 0.5) is 0 Å². The van der Waals surface area contributed by atoms with Gasteiger partial charge in [-0.1, -0.05) is 24.3 Å². The summed E-state index contributed by atoms with van der Waals surface area (Å²) in [6, 6.07) is 9.42. The first-order chi connectivity index (χ1) is 9.42. The van der Waals surface area contributed by atoms with Crippen molar-refractivity contribution in [1.82, 2.24) is 5.32 Å². The molecule has 2 heterocycles. The number of hydrogen-bond acceptors (Lipinski definition) is 2. The molecule has 1 N–H and O–H groups in total. The summed E-state index contributed by atoms with van der Waals surface area (Å²) < 4.78 is 5.44. The van der Waals surface area contributed by atoms with Gasteiger partial charge in [0.1, 0.15) is 0 Å². The van der Waals surface area contributed by atoms with Gasteiger partial charge in [-0.2, -0.15) is 0 Å². The van der Waals surface area contributed by atoms with E-state index in [1.54, 1.807) is 0 Å². The lowest BCUT2D eigenvalue weighted by molar-refractivity contribution is 0.0853. The summed E-state index contributed by atoms with van der Waals surface area (Å²) >= 11 is 0. The fraction of sp³-hybridized carbons (Fsp3) is 0.647. The maximum Gasteiger partial charge on any atom is 0.0471 e. The molecular weight excluding hydrogens is 234 g/mol. The molecule has 1 aromatic carbocycles. The highest BCUT2D eigenvalue weighted by Gasteiger charge is 2.16. The number of hydrogen-bond donors (Lipinski definition) is 1. The van der Waals surface area contributed by atoms with E-state index in [4.69, 9.17) is 4.74 Å². The van der Waals surface area contributed by atoms with Crippen LogP contribution in [0.1, 0.15) is 42.7 Å². The number of nitrogens with one attached hydrogen (secondary N) is 1. The van der Waals surface area contributed by atoms with Crippen molar-refractivity contribution in [1.29, 1.82) is 0 Å². The predicted octanol–water partition coefficient (Wildman–Crippen LogP) is 3.12. The van der Waals surface area contributed by atoms with Gasteiger partial charge in [-0.15, -0.1) is 0 Å². The Morgan fingerprint density at radius 2 is 1.63 bits per heavy atom. The maximum absolute atomic E-state index is 5.44. The summed E-state index contributed by atoms with van der Waals surface area (Å²) in [5.41, 5.74) is 3.03. The number of piperidine rings is 1. The molecule has 2 aliphatic heterocycles. The Kier molecular flexibility index (Phi) is 4.52. The van der Waals surface area contributed by atoms with Gasteiger partial charge in [0.2, 0.25) is 0 Å². The molecule has 0 aliphatic carbocycles. The standard InChI is InChI=1S/C17H25NO/c1-3-16(17-7-11-19-12-8-17)4-2-14(1)13-15-5-9-18-10-6-15/h1-4,15,17-18H,5-13H2. The molecule has 0 aromatic heterocycles. The quantitative estimate of drug-likeness (QED) is 0.900. The third-order valence-electron chi connectivity index (χ3n) is 4.66. The van der Waals surface area contributed by atoms with Crippen molar-refractivity contribution in [2.24, 2.45) is 5.92 Å². The highest BCUT2D eigenvalue weighted by molar-refractivity contribution is 5.26. The van der Waals surface area contributed by atoms with Gasteiger partial charge in [-0.3, -0.25) is 0 Å².